The number of carboxylic acid groups (broad SMARTS) is 1. The monoisotopic (exact) mass is 206 g/mol. The molecule has 2 N–H and O–H groups in total. The fourth-order valence-electron chi connectivity index (χ4n) is 0.908. The van der Waals surface area contributed by atoms with Gasteiger partial charge in [-0.05, 0) is 6.07 Å². The molecule has 1 unspecified atom stereocenters. The van der Waals surface area contributed by atoms with Crippen molar-refractivity contribution in [2.45, 2.75) is 6.10 Å². The second-order valence-corrected chi connectivity index (χ2v) is 2.53. The molecule has 0 bridgehead atoms. The van der Waals surface area contributed by atoms with E-state index in [1.165, 1.54) is 0 Å². The summed E-state index contributed by atoms with van der Waals surface area (Å²) in [7, 11) is 0. The Hall–Kier alpha value is -1.56. The molecule has 1 aromatic rings. The summed E-state index contributed by atoms with van der Waals surface area (Å²) in [5.74, 6) is -6.05. The second-order valence-electron chi connectivity index (χ2n) is 2.53. The smallest absolute Gasteiger partial charge is 0.337 e. The number of carboxylic acids is 1. The van der Waals surface area contributed by atoms with Crippen LogP contribution in [0.25, 0.3) is 0 Å². The third kappa shape index (κ3) is 1.85. The molecule has 0 aromatic heterocycles. The molecule has 6 heteroatoms. The Bertz CT molecular complexity index is 378. The maximum Gasteiger partial charge on any atom is 0.337 e. The molecule has 0 saturated heterocycles. The Kier molecular flexibility index (Phi) is 2.76. The second kappa shape index (κ2) is 3.67. The summed E-state index contributed by atoms with van der Waals surface area (Å²) in [4.78, 5) is 10.2. The van der Waals surface area contributed by atoms with Crippen LogP contribution in [0.15, 0.2) is 12.1 Å². The lowest BCUT2D eigenvalue weighted by Crippen LogP contribution is -2.13. The van der Waals surface area contributed by atoms with Gasteiger partial charge in [0.2, 0.25) is 0 Å². The zero-order valence-corrected chi connectivity index (χ0v) is 6.67. The fraction of sp³-hybridized carbons (Fsp3) is 0.125. The van der Waals surface area contributed by atoms with E-state index in [-0.39, 0.29) is 6.07 Å². The lowest BCUT2D eigenvalue weighted by molar-refractivity contribution is -0.147. The molecule has 1 rings (SSSR count). The molecule has 0 aliphatic heterocycles. The number of hydrogen-bond donors (Lipinski definition) is 2. The van der Waals surface area contributed by atoms with E-state index in [4.69, 9.17) is 10.2 Å². The molecule has 0 radical (unpaired) electrons. The van der Waals surface area contributed by atoms with Gasteiger partial charge >= 0.3 is 5.97 Å². The van der Waals surface area contributed by atoms with Gasteiger partial charge in [0, 0.05) is 11.6 Å². The number of rotatable bonds is 2. The average molecular weight is 206 g/mol. The Morgan fingerprint density at radius 1 is 1.29 bits per heavy atom. The van der Waals surface area contributed by atoms with Crippen LogP contribution in [-0.4, -0.2) is 16.2 Å². The maximum absolute atomic E-state index is 12.8. The molecule has 0 fully saturated rings. The molecule has 0 saturated carbocycles. The molecular weight excluding hydrogens is 201 g/mol. The van der Waals surface area contributed by atoms with E-state index >= 15 is 0 Å². The van der Waals surface area contributed by atoms with Gasteiger partial charge in [0.05, 0.1) is 0 Å². The SMILES string of the molecule is O=C(O)C(O)c1cc(F)cc(F)c1F. The largest absolute Gasteiger partial charge is 0.479 e. The standard InChI is InChI=1S/C8H5F3O3/c9-3-1-4(7(12)8(13)14)6(11)5(10)2-3/h1-2,7,12H,(H,13,14). The molecule has 3 nitrogen and oxygen atoms in total. The van der Waals surface area contributed by atoms with Crippen molar-refractivity contribution in [3.8, 4) is 0 Å². The van der Waals surface area contributed by atoms with Crippen LogP contribution >= 0.6 is 0 Å². The highest BCUT2D eigenvalue weighted by atomic mass is 19.2. The van der Waals surface area contributed by atoms with Crippen LogP contribution in [0, 0.1) is 17.5 Å². The van der Waals surface area contributed by atoms with Gasteiger partial charge in [0.15, 0.2) is 17.7 Å². The molecule has 0 aliphatic rings. The number of aliphatic hydroxyl groups excluding tert-OH is 1. The maximum atomic E-state index is 12.8. The Morgan fingerprint density at radius 2 is 1.86 bits per heavy atom. The van der Waals surface area contributed by atoms with Gasteiger partial charge in [-0.25, -0.2) is 18.0 Å². The third-order valence-electron chi connectivity index (χ3n) is 1.55. The van der Waals surface area contributed by atoms with Gasteiger partial charge in [-0.2, -0.15) is 0 Å². The molecule has 0 heterocycles. The number of aliphatic carboxylic acids is 1. The topological polar surface area (TPSA) is 57.5 Å². The van der Waals surface area contributed by atoms with Crippen LogP contribution in [0.5, 0.6) is 0 Å². The first-order chi connectivity index (χ1) is 6.43. The van der Waals surface area contributed by atoms with Crippen molar-refractivity contribution in [1.29, 1.82) is 0 Å². The van der Waals surface area contributed by atoms with Crippen LogP contribution in [0.4, 0.5) is 13.2 Å². The van der Waals surface area contributed by atoms with Crippen molar-refractivity contribution in [3.05, 3.63) is 35.1 Å². The Labute approximate surface area is 76.4 Å². The highest BCUT2D eigenvalue weighted by molar-refractivity contribution is 5.74. The molecule has 0 aliphatic carbocycles. The van der Waals surface area contributed by atoms with Crippen molar-refractivity contribution in [3.63, 3.8) is 0 Å². The number of aliphatic hydroxyl groups is 1. The van der Waals surface area contributed by atoms with E-state index in [9.17, 15) is 18.0 Å². The zero-order chi connectivity index (χ0) is 10.9. The summed E-state index contributed by atoms with van der Waals surface area (Å²) < 4.78 is 37.9. The highest BCUT2D eigenvalue weighted by Crippen LogP contribution is 2.21. The summed E-state index contributed by atoms with van der Waals surface area (Å²) in [5, 5.41) is 17.1. The lowest BCUT2D eigenvalue weighted by atomic mass is 10.1. The summed E-state index contributed by atoms with van der Waals surface area (Å²) in [6.45, 7) is 0. The molecule has 1 atom stereocenters. The van der Waals surface area contributed by atoms with Crippen molar-refractivity contribution in [1.82, 2.24) is 0 Å². The first-order valence-electron chi connectivity index (χ1n) is 3.48. The van der Waals surface area contributed by atoms with E-state index in [1.807, 2.05) is 0 Å². The number of benzene rings is 1. The van der Waals surface area contributed by atoms with Crippen LogP contribution in [0.1, 0.15) is 11.7 Å². The van der Waals surface area contributed by atoms with Crippen molar-refractivity contribution >= 4 is 5.97 Å². The minimum absolute atomic E-state index is 0.257. The fourth-order valence-corrected chi connectivity index (χ4v) is 0.908. The minimum Gasteiger partial charge on any atom is -0.479 e. The molecule has 76 valence electrons. The molecule has 14 heavy (non-hydrogen) atoms. The third-order valence-corrected chi connectivity index (χ3v) is 1.55. The van der Waals surface area contributed by atoms with Crippen molar-refractivity contribution in [2.24, 2.45) is 0 Å². The normalized spacial score (nSPS) is 12.6. The van der Waals surface area contributed by atoms with E-state index in [0.717, 1.165) is 0 Å². The van der Waals surface area contributed by atoms with Gasteiger partial charge in [-0.15, -0.1) is 0 Å². The van der Waals surface area contributed by atoms with Gasteiger partial charge in [0.1, 0.15) is 5.82 Å². The first kappa shape index (κ1) is 10.5. The zero-order valence-electron chi connectivity index (χ0n) is 6.67. The Balaban J connectivity index is 3.26. The summed E-state index contributed by atoms with van der Waals surface area (Å²) in [5.41, 5.74) is -0.935. The molecular formula is C8H5F3O3. The average Bonchev–Trinajstić information content (AvgIpc) is 2.09. The number of carbonyl (C=O) groups is 1. The van der Waals surface area contributed by atoms with Gasteiger partial charge in [-0.3, -0.25) is 0 Å². The van der Waals surface area contributed by atoms with Crippen molar-refractivity contribution in [2.75, 3.05) is 0 Å². The van der Waals surface area contributed by atoms with Crippen LogP contribution in [0.3, 0.4) is 0 Å². The molecule has 0 amide bonds. The van der Waals surface area contributed by atoms with E-state index in [0.29, 0.717) is 6.07 Å². The van der Waals surface area contributed by atoms with Crippen LogP contribution in [-0.2, 0) is 4.79 Å². The van der Waals surface area contributed by atoms with E-state index < -0.39 is 35.1 Å². The molecule has 0 spiro atoms. The van der Waals surface area contributed by atoms with Gasteiger partial charge in [0.25, 0.3) is 0 Å². The van der Waals surface area contributed by atoms with Crippen molar-refractivity contribution < 1.29 is 28.2 Å². The number of hydrogen-bond acceptors (Lipinski definition) is 2. The lowest BCUT2D eigenvalue weighted by Gasteiger charge is -2.07. The van der Waals surface area contributed by atoms with Gasteiger partial charge in [-0.1, -0.05) is 0 Å². The predicted octanol–water partition coefficient (Wildman–Crippen LogP) is 1.22. The molecule has 1 aromatic carbocycles. The van der Waals surface area contributed by atoms with Crippen LogP contribution in [0.2, 0.25) is 0 Å². The van der Waals surface area contributed by atoms with E-state index in [1.54, 1.807) is 0 Å². The summed E-state index contributed by atoms with van der Waals surface area (Å²) >= 11 is 0. The summed E-state index contributed by atoms with van der Waals surface area (Å²) in [6.07, 6.45) is -2.28. The summed E-state index contributed by atoms with van der Waals surface area (Å²) in [6, 6.07) is 0.685. The van der Waals surface area contributed by atoms with Gasteiger partial charge < -0.3 is 10.2 Å². The van der Waals surface area contributed by atoms with E-state index in [2.05, 4.69) is 0 Å². The minimum atomic E-state index is -2.28. The number of halogens is 3. The highest BCUT2D eigenvalue weighted by Gasteiger charge is 2.23. The first-order valence-corrected chi connectivity index (χ1v) is 3.48. The quantitative estimate of drug-likeness (QED) is 0.715. The Morgan fingerprint density at radius 3 is 2.36 bits per heavy atom. The predicted molar refractivity (Wildman–Crippen MR) is 38.9 cm³/mol. The van der Waals surface area contributed by atoms with Crippen LogP contribution < -0.4 is 0 Å².